The van der Waals surface area contributed by atoms with Crippen molar-refractivity contribution in [3.05, 3.63) is 59.4 Å². The lowest BCUT2D eigenvalue weighted by atomic mass is 10.1. The van der Waals surface area contributed by atoms with Crippen LogP contribution in [0.25, 0.3) is 0 Å². The maximum Gasteiger partial charge on any atom is 0.221 e. The minimum Gasteiger partial charge on any atom is -0.378 e. The van der Waals surface area contributed by atoms with Crippen LogP contribution in [0.15, 0.2) is 53.9 Å². The molecular weight excluding hydrogens is 256 g/mol. The molecule has 1 aliphatic rings. The second-order valence-corrected chi connectivity index (χ2v) is 4.36. The largest absolute Gasteiger partial charge is 0.378 e. The lowest BCUT2D eigenvalue weighted by molar-refractivity contribution is -0.120. The van der Waals surface area contributed by atoms with E-state index in [2.05, 4.69) is 10.6 Å². The van der Waals surface area contributed by atoms with Gasteiger partial charge in [-0.2, -0.15) is 0 Å². The van der Waals surface area contributed by atoms with E-state index in [1.165, 1.54) is 13.0 Å². The summed E-state index contributed by atoms with van der Waals surface area (Å²) in [6.07, 6.45) is 2.34. The number of amides is 1. The van der Waals surface area contributed by atoms with E-state index in [9.17, 15) is 14.4 Å². The van der Waals surface area contributed by atoms with Crippen molar-refractivity contribution in [1.82, 2.24) is 10.6 Å². The molecule has 0 heterocycles. The van der Waals surface area contributed by atoms with E-state index in [-0.39, 0.29) is 23.1 Å². The van der Waals surface area contributed by atoms with E-state index in [4.69, 9.17) is 0 Å². The fraction of sp³-hybridized carbons (Fsp3) is 0.133. The highest BCUT2D eigenvalue weighted by Gasteiger charge is 2.20. The summed E-state index contributed by atoms with van der Waals surface area (Å²) in [6.45, 7) is 1.74. The zero-order valence-corrected chi connectivity index (χ0v) is 11.0. The molecule has 0 radical (unpaired) electrons. The van der Waals surface area contributed by atoms with Crippen molar-refractivity contribution in [2.75, 3.05) is 0 Å². The number of allylic oxidation sites excluding steroid dienone is 2. The molecule has 2 rings (SSSR count). The minimum atomic E-state index is -0.393. The standard InChI is InChI=1S/C15H14N2O3/c1-10(18)17-13-8-14(19)12(7-15(13)20)16-9-11-5-3-2-4-6-11/h2-8,16H,9H2,1H3,(H,17,18). The number of hydrogen-bond acceptors (Lipinski definition) is 4. The van der Waals surface area contributed by atoms with Crippen molar-refractivity contribution in [1.29, 1.82) is 0 Å². The molecule has 1 aromatic carbocycles. The first-order valence-corrected chi connectivity index (χ1v) is 6.13. The van der Waals surface area contributed by atoms with Gasteiger partial charge in [-0.25, -0.2) is 0 Å². The van der Waals surface area contributed by atoms with Crippen molar-refractivity contribution in [3.8, 4) is 0 Å². The molecule has 0 saturated heterocycles. The van der Waals surface area contributed by atoms with Gasteiger partial charge in [0, 0.05) is 25.6 Å². The second-order valence-electron chi connectivity index (χ2n) is 4.36. The Bertz CT molecular complexity index is 615. The van der Waals surface area contributed by atoms with E-state index in [1.54, 1.807) is 0 Å². The van der Waals surface area contributed by atoms with E-state index in [0.717, 1.165) is 11.6 Å². The summed E-state index contributed by atoms with van der Waals surface area (Å²) in [5.74, 6) is -1.11. The van der Waals surface area contributed by atoms with Crippen LogP contribution in [0.3, 0.4) is 0 Å². The van der Waals surface area contributed by atoms with Gasteiger partial charge in [0.2, 0.25) is 17.5 Å². The van der Waals surface area contributed by atoms with Crippen LogP contribution in [-0.2, 0) is 20.9 Å². The van der Waals surface area contributed by atoms with Crippen LogP contribution in [0, 0.1) is 0 Å². The average Bonchev–Trinajstić information content (AvgIpc) is 2.41. The molecular formula is C15H14N2O3. The smallest absolute Gasteiger partial charge is 0.221 e. The normalized spacial score (nSPS) is 14.4. The molecule has 5 heteroatoms. The Morgan fingerprint density at radius 3 is 2.25 bits per heavy atom. The minimum absolute atomic E-state index is 0.00719. The molecule has 2 N–H and O–H groups in total. The molecule has 0 aromatic heterocycles. The Balaban J connectivity index is 2.03. The molecule has 0 fully saturated rings. The van der Waals surface area contributed by atoms with Crippen LogP contribution < -0.4 is 10.6 Å². The number of carbonyl (C=O) groups excluding carboxylic acids is 3. The first-order valence-electron chi connectivity index (χ1n) is 6.13. The number of benzene rings is 1. The number of carbonyl (C=O) groups is 3. The molecule has 1 aliphatic carbocycles. The van der Waals surface area contributed by atoms with Crippen LogP contribution in [0.4, 0.5) is 0 Å². The topological polar surface area (TPSA) is 75.3 Å². The lowest BCUT2D eigenvalue weighted by Crippen LogP contribution is -2.31. The number of ketones is 2. The average molecular weight is 270 g/mol. The van der Waals surface area contributed by atoms with Gasteiger partial charge in [-0.1, -0.05) is 30.3 Å². The Kier molecular flexibility index (Phi) is 4.10. The van der Waals surface area contributed by atoms with E-state index < -0.39 is 5.78 Å². The summed E-state index contributed by atoms with van der Waals surface area (Å²) < 4.78 is 0. The van der Waals surface area contributed by atoms with Gasteiger partial charge in [0.15, 0.2) is 0 Å². The van der Waals surface area contributed by atoms with Gasteiger partial charge in [-0.3, -0.25) is 14.4 Å². The monoisotopic (exact) mass is 270 g/mol. The van der Waals surface area contributed by atoms with Crippen LogP contribution in [0.5, 0.6) is 0 Å². The molecule has 0 bridgehead atoms. The second kappa shape index (κ2) is 5.97. The Hall–Kier alpha value is -2.69. The molecule has 0 atom stereocenters. The SMILES string of the molecule is CC(=O)NC1=CC(=O)C(NCc2ccccc2)=CC1=O. The number of nitrogens with one attached hydrogen (secondary N) is 2. The van der Waals surface area contributed by atoms with Gasteiger partial charge in [-0.05, 0) is 5.56 Å². The molecule has 102 valence electrons. The Morgan fingerprint density at radius 2 is 1.60 bits per heavy atom. The maximum atomic E-state index is 11.8. The van der Waals surface area contributed by atoms with Crippen molar-refractivity contribution in [3.63, 3.8) is 0 Å². The molecule has 0 saturated carbocycles. The van der Waals surface area contributed by atoms with Crippen molar-refractivity contribution in [2.45, 2.75) is 13.5 Å². The van der Waals surface area contributed by atoms with Gasteiger partial charge in [-0.15, -0.1) is 0 Å². The van der Waals surface area contributed by atoms with Crippen molar-refractivity contribution in [2.24, 2.45) is 0 Å². The molecule has 1 amide bonds. The fourth-order valence-electron chi connectivity index (χ4n) is 1.78. The summed E-state index contributed by atoms with van der Waals surface area (Å²) >= 11 is 0. The fourth-order valence-corrected chi connectivity index (χ4v) is 1.78. The van der Waals surface area contributed by atoms with Crippen LogP contribution in [0.1, 0.15) is 12.5 Å². The third kappa shape index (κ3) is 3.41. The number of hydrogen-bond donors (Lipinski definition) is 2. The predicted octanol–water partition coefficient (Wildman–Crippen LogP) is 0.832. The molecule has 0 unspecified atom stereocenters. The van der Waals surface area contributed by atoms with Gasteiger partial charge < -0.3 is 10.6 Å². The highest BCUT2D eigenvalue weighted by Crippen LogP contribution is 2.09. The summed E-state index contributed by atoms with van der Waals surface area (Å²) in [5, 5.41) is 5.26. The van der Waals surface area contributed by atoms with Crippen LogP contribution >= 0.6 is 0 Å². The van der Waals surface area contributed by atoms with Gasteiger partial charge >= 0.3 is 0 Å². The van der Waals surface area contributed by atoms with Gasteiger partial charge in [0.25, 0.3) is 0 Å². The Labute approximate surface area is 116 Å². The van der Waals surface area contributed by atoms with E-state index >= 15 is 0 Å². The van der Waals surface area contributed by atoms with E-state index in [0.29, 0.717) is 6.54 Å². The number of rotatable bonds is 4. The molecule has 5 nitrogen and oxygen atoms in total. The van der Waals surface area contributed by atoms with Crippen molar-refractivity contribution >= 4 is 17.5 Å². The predicted molar refractivity (Wildman–Crippen MR) is 73.3 cm³/mol. The molecule has 0 spiro atoms. The molecule has 0 aliphatic heterocycles. The first-order chi connectivity index (χ1) is 9.56. The molecule has 20 heavy (non-hydrogen) atoms. The van der Waals surface area contributed by atoms with Crippen LogP contribution in [-0.4, -0.2) is 17.5 Å². The summed E-state index contributed by atoms with van der Waals surface area (Å²) in [4.78, 5) is 34.5. The van der Waals surface area contributed by atoms with Gasteiger partial charge in [0.1, 0.15) is 0 Å². The summed E-state index contributed by atoms with van der Waals surface area (Å²) in [5.41, 5.74) is 1.24. The quantitative estimate of drug-likeness (QED) is 0.795. The summed E-state index contributed by atoms with van der Waals surface area (Å²) in [6, 6.07) is 9.53. The zero-order valence-electron chi connectivity index (χ0n) is 11.0. The third-order valence-electron chi connectivity index (χ3n) is 2.72. The van der Waals surface area contributed by atoms with Crippen molar-refractivity contribution < 1.29 is 14.4 Å². The lowest BCUT2D eigenvalue weighted by Gasteiger charge is -2.14. The van der Waals surface area contributed by atoms with E-state index in [1.807, 2.05) is 30.3 Å². The first kappa shape index (κ1) is 13.7. The highest BCUT2D eigenvalue weighted by atomic mass is 16.2. The van der Waals surface area contributed by atoms with Crippen LogP contribution in [0.2, 0.25) is 0 Å². The third-order valence-corrected chi connectivity index (χ3v) is 2.72. The van der Waals surface area contributed by atoms with Gasteiger partial charge in [0.05, 0.1) is 11.4 Å². The Morgan fingerprint density at radius 1 is 1.00 bits per heavy atom. The highest BCUT2D eigenvalue weighted by molar-refractivity contribution is 6.20. The summed E-state index contributed by atoms with van der Waals surface area (Å²) in [7, 11) is 0. The molecule has 1 aromatic rings. The zero-order chi connectivity index (χ0) is 14.5. The maximum absolute atomic E-state index is 11.8.